The summed E-state index contributed by atoms with van der Waals surface area (Å²) in [6.45, 7) is 1.84. The first-order chi connectivity index (χ1) is 18.9. The van der Waals surface area contributed by atoms with Crippen molar-refractivity contribution in [3.05, 3.63) is 47.7 Å². The fraction of sp³-hybridized carbons (Fsp3) is 0.577. The van der Waals surface area contributed by atoms with Gasteiger partial charge in [0.2, 0.25) is 11.8 Å². The molecule has 1 saturated heterocycles. The summed E-state index contributed by atoms with van der Waals surface area (Å²) >= 11 is 0. The van der Waals surface area contributed by atoms with Crippen LogP contribution in [0.4, 0.5) is 22.0 Å². The van der Waals surface area contributed by atoms with Crippen LogP contribution < -0.4 is 10.6 Å². The van der Waals surface area contributed by atoms with E-state index in [2.05, 4.69) is 25.8 Å². The minimum Gasteiger partial charge on any atom is -0.355 e. The van der Waals surface area contributed by atoms with Crippen molar-refractivity contribution in [1.82, 2.24) is 35.0 Å². The molecule has 4 atom stereocenters. The van der Waals surface area contributed by atoms with Crippen molar-refractivity contribution in [3.8, 4) is 0 Å². The molecule has 216 valence electrons. The van der Waals surface area contributed by atoms with Gasteiger partial charge in [0.15, 0.2) is 5.65 Å². The van der Waals surface area contributed by atoms with Crippen molar-refractivity contribution in [3.63, 3.8) is 0 Å². The van der Waals surface area contributed by atoms with Gasteiger partial charge in [-0.25, -0.2) is 18.3 Å². The molecular formula is C26H30F5N7O2. The number of aromatic nitrogens is 5. The van der Waals surface area contributed by atoms with E-state index in [4.69, 9.17) is 0 Å². The molecule has 2 fully saturated rings. The molecule has 3 aromatic rings. The average molecular weight is 568 g/mol. The van der Waals surface area contributed by atoms with Crippen molar-refractivity contribution in [1.29, 1.82) is 0 Å². The Morgan fingerprint density at radius 2 is 2.08 bits per heavy atom. The number of carbonyl (C=O) groups excluding carboxylic acids is 2. The van der Waals surface area contributed by atoms with Crippen LogP contribution in [0.25, 0.3) is 5.65 Å². The van der Waals surface area contributed by atoms with Crippen molar-refractivity contribution in [2.75, 3.05) is 6.54 Å². The van der Waals surface area contributed by atoms with Gasteiger partial charge in [-0.15, -0.1) is 0 Å². The number of nitrogens with zero attached hydrogens (tertiary/aromatic N) is 5. The predicted molar refractivity (Wildman–Crippen MR) is 132 cm³/mol. The summed E-state index contributed by atoms with van der Waals surface area (Å²) in [7, 11) is 0. The Bertz CT molecular complexity index is 1390. The summed E-state index contributed by atoms with van der Waals surface area (Å²) in [5.74, 6) is -6.89. The van der Waals surface area contributed by atoms with Crippen LogP contribution in [0.3, 0.4) is 0 Å². The highest BCUT2D eigenvalue weighted by molar-refractivity contribution is 5.92. The first-order valence-electron chi connectivity index (χ1n) is 13.3. The number of imidazole rings is 1. The normalized spacial score (nSPS) is 24.1. The van der Waals surface area contributed by atoms with Gasteiger partial charge in [0, 0.05) is 44.5 Å². The number of hydrogen-bond acceptors (Lipinski definition) is 5. The summed E-state index contributed by atoms with van der Waals surface area (Å²) in [5.41, 5.74) is 1.40. The fourth-order valence-corrected chi connectivity index (χ4v) is 5.70. The summed E-state index contributed by atoms with van der Waals surface area (Å²) in [4.78, 5) is 30.0. The number of fused-ring (bicyclic) bond motifs is 1. The minimum absolute atomic E-state index is 0.00210. The van der Waals surface area contributed by atoms with Crippen LogP contribution >= 0.6 is 0 Å². The summed E-state index contributed by atoms with van der Waals surface area (Å²) in [6.07, 6.45) is -1.57. The van der Waals surface area contributed by atoms with E-state index in [1.807, 2.05) is 6.92 Å². The lowest BCUT2D eigenvalue weighted by Gasteiger charge is -2.34. The Hall–Kier alpha value is -3.58. The first kappa shape index (κ1) is 28.0. The molecule has 4 heterocycles. The van der Waals surface area contributed by atoms with Gasteiger partial charge in [-0.2, -0.15) is 23.4 Å². The van der Waals surface area contributed by atoms with E-state index < -0.39 is 60.7 Å². The highest BCUT2D eigenvalue weighted by Gasteiger charge is 2.45. The van der Waals surface area contributed by atoms with Gasteiger partial charge in [0.05, 0.1) is 29.5 Å². The van der Waals surface area contributed by atoms with Gasteiger partial charge < -0.3 is 10.6 Å². The Balaban J connectivity index is 1.41. The standard InChI is InChI=1S/C26H30F5N7O2/c1-2-37-20(7-9-33-37)24(40)35-22(15-4-3-8-25(27,28)12-15)19-14-38-21(34-19)6-5-18(36-38)11-16-10-17(26(29,30)31)13-32-23(16)39/h5-7,9,14-17,22H,2-4,8,10-13H2,1H3,(H,32,39)(H,35,40)/t15-,16?,17-,22+/m1/s1. The van der Waals surface area contributed by atoms with Gasteiger partial charge in [-0.1, -0.05) is 0 Å². The SMILES string of the molecule is CCn1nccc1C(=O)N[C@H](c1cn2nc(CC3C[C@@H](C(F)(F)F)CNC3=O)ccc2n1)[C@@H]1CCCC(F)(F)C1. The van der Waals surface area contributed by atoms with E-state index in [1.54, 1.807) is 18.2 Å². The van der Waals surface area contributed by atoms with E-state index >= 15 is 0 Å². The first-order valence-corrected chi connectivity index (χ1v) is 13.3. The van der Waals surface area contributed by atoms with Gasteiger partial charge >= 0.3 is 6.18 Å². The van der Waals surface area contributed by atoms with E-state index in [0.29, 0.717) is 42.1 Å². The highest BCUT2D eigenvalue weighted by atomic mass is 19.4. The maximum Gasteiger partial charge on any atom is 0.393 e. The second kappa shape index (κ2) is 10.8. The molecule has 3 aromatic heterocycles. The summed E-state index contributed by atoms with van der Waals surface area (Å²) in [5, 5.41) is 13.8. The quantitative estimate of drug-likeness (QED) is 0.419. The van der Waals surface area contributed by atoms with Crippen LogP contribution in [0.1, 0.15) is 66.9 Å². The molecule has 0 spiro atoms. The number of aryl methyl sites for hydroxylation is 1. The van der Waals surface area contributed by atoms with Gasteiger partial charge in [-0.05, 0) is 50.3 Å². The van der Waals surface area contributed by atoms with Crippen molar-refractivity contribution < 1.29 is 31.5 Å². The molecule has 0 bridgehead atoms. The Labute approximate surface area is 226 Å². The van der Waals surface area contributed by atoms with Crippen LogP contribution in [-0.2, 0) is 17.8 Å². The maximum absolute atomic E-state index is 14.4. The van der Waals surface area contributed by atoms with Gasteiger partial charge in [0.25, 0.3) is 5.91 Å². The van der Waals surface area contributed by atoms with Crippen LogP contribution in [-0.4, -0.2) is 54.8 Å². The molecule has 2 N–H and O–H groups in total. The number of alkyl halides is 5. The molecule has 40 heavy (non-hydrogen) atoms. The molecule has 2 aliphatic rings. The van der Waals surface area contributed by atoms with E-state index in [1.165, 1.54) is 21.6 Å². The molecule has 14 heteroatoms. The molecule has 1 aliphatic heterocycles. The third-order valence-electron chi connectivity index (χ3n) is 7.78. The van der Waals surface area contributed by atoms with E-state index in [0.717, 1.165) is 0 Å². The number of rotatable bonds is 7. The lowest BCUT2D eigenvalue weighted by atomic mass is 9.80. The zero-order valence-corrected chi connectivity index (χ0v) is 21.8. The largest absolute Gasteiger partial charge is 0.393 e. The van der Waals surface area contributed by atoms with Crippen molar-refractivity contribution >= 4 is 17.5 Å². The monoisotopic (exact) mass is 567 g/mol. The lowest BCUT2D eigenvalue weighted by Crippen LogP contribution is -2.47. The highest BCUT2D eigenvalue weighted by Crippen LogP contribution is 2.42. The topological polar surface area (TPSA) is 106 Å². The fourth-order valence-electron chi connectivity index (χ4n) is 5.70. The van der Waals surface area contributed by atoms with Crippen LogP contribution in [0.15, 0.2) is 30.6 Å². The molecule has 0 radical (unpaired) electrons. The van der Waals surface area contributed by atoms with Gasteiger partial charge in [-0.3, -0.25) is 14.3 Å². The Kier molecular flexibility index (Phi) is 7.53. The number of amides is 2. The smallest absolute Gasteiger partial charge is 0.355 e. The second-order valence-electron chi connectivity index (χ2n) is 10.6. The van der Waals surface area contributed by atoms with Crippen LogP contribution in [0, 0.1) is 17.8 Å². The number of hydrogen-bond donors (Lipinski definition) is 2. The van der Waals surface area contributed by atoms with E-state index in [-0.39, 0.29) is 19.3 Å². The van der Waals surface area contributed by atoms with E-state index in [9.17, 15) is 31.5 Å². The third-order valence-corrected chi connectivity index (χ3v) is 7.78. The number of carbonyl (C=O) groups is 2. The molecular weight excluding hydrogens is 537 g/mol. The summed E-state index contributed by atoms with van der Waals surface area (Å²) in [6, 6.07) is 3.90. The lowest BCUT2D eigenvalue weighted by molar-refractivity contribution is -0.183. The average Bonchev–Trinajstić information content (AvgIpc) is 3.54. The predicted octanol–water partition coefficient (Wildman–Crippen LogP) is 4.10. The van der Waals surface area contributed by atoms with Gasteiger partial charge in [0.1, 0.15) is 5.69 Å². The van der Waals surface area contributed by atoms with Crippen LogP contribution in [0.5, 0.6) is 0 Å². The minimum atomic E-state index is -4.41. The number of nitrogens with one attached hydrogen (secondary N) is 2. The Morgan fingerprint density at radius 3 is 2.80 bits per heavy atom. The number of piperidine rings is 1. The molecule has 1 unspecified atom stereocenters. The zero-order valence-electron chi connectivity index (χ0n) is 21.8. The number of halogens is 5. The zero-order chi connectivity index (χ0) is 28.7. The molecule has 2 amide bonds. The molecule has 5 rings (SSSR count). The molecule has 9 nitrogen and oxygen atoms in total. The summed E-state index contributed by atoms with van der Waals surface area (Å²) < 4.78 is 71.4. The molecule has 1 saturated carbocycles. The Morgan fingerprint density at radius 1 is 1.27 bits per heavy atom. The van der Waals surface area contributed by atoms with Crippen LogP contribution in [0.2, 0.25) is 0 Å². The third kappa shape index (κ3) is 5.94. The molecule has 1 aliphatic carbocycles. The van der Waals surface area contributed by atoms with Crippen molar-refractivity contribution in [2.45, 2.75) is 70.1 Å². The second-order valence-corrected chi connectivity index (χ2v) is 10.6. The maximum atomic E-state index is 14.4. The molecule has 0 aromatic carbocycles. The van der Waals surface area contributed by atoms with Crippen molar-refractivity contribution in [2.24, 2.45) is 17.8 Å².